The Hall–Kier alpha value is -1.52. The van der Waals surface area contributed by atoms with Crippen molar-refractivity contribution in [1.29, 1.82) is 0 Å². The number of aromatic nitrogens is 2. The molecule has 1 aromatic heterocycles. The topological polar surface area (TPSA) is 66.9 Å². The van der Waals surface area contributed by atoms with Crippen molar-refractivity contribution in [2.75, 3.05) is 0 Å². The van der Waals surface area contributed by atoms with Crippen LogP contribution in [0.15, 0.2) is 11.0 Å². The summed E-state index contributed by atoms with van der Waals surface area (Å²) in [6.45, 7) is 2.21. The summed E-state index contributed by atoms with van der Waals surface area (Å²) in [6, 6.07) is 0.269. The van der Waals surface area contributed by atoms with E-state index < -0.39 is 0 Å². The molecule has 3 fully saturated rings. The van der Waals surface area contributed by atoms with Crippen LogP contribution in [0, 0.1) is 23.2 Å². The van der Waals surface area contributed by atoms with E-state index in [1.165, 1.54) is 30.1 Å². The highest BCUT2D eigenvalue weighted by atomic mass is 16.2. The van der Waals surface area contributed by atoms with E-state index in [1.54, 1.807) is 7.05 Å². The molecule has 5 unspecified atom stereocenters. The van der Waals surface area contributed by atoms with Gasteiger partial charge in [-0.15, -0.1) is 0 Å². The van der Waals surface area contributed by atoms with Crippen LogP contribution in [0.25, 0.3) is 0 Å². The summed E-state index contributed by atoms with van der Waals surface area (Å²) < 4.78 is 1.34. The van der Waals surface area contributed by atoms with Crippen molar-refractivity contribution in [3.8, 4) is 0 Å². The number of hydrogen-bond acceptors (Lipinski definition) is 2. The fraction of sp³-hybridized carbons (Fsp3) is 0.733. The zero-order valence-corrected chi connectivity index (χ0v) is 12.0. The van der Waals surface area contributed by atoms with Crippen LogP contribution in [-0.2, 0) is 7.05 Å². The van der Waals surface area contributed by atoms with E-state index in [-0.39, 0.29) is 23.1 Å². The van der Waals surface area contributed by atoms with Crippen molar-refractivity contribution in [3.05, 3.63) is 22.1 Å². The van der Waals surface area contributed by atoms with Crippen LogP contribution < -0.4 is 10.9 Å². The number of carbonyl (C=O) groups excluding carboxylic acids is 1. The number of aryl methyl sites for hydroxylation is 1. The lowest BCUT2D eigenvalue weighted by Gasteiger charge is -2.31. The van der Waals surface area contributed by atoms with Gasteiger partial charge in [0.05, 0.1) is 0 Å². The molecule has 0 aromatic carbocycles. The van der Waals surface area contributed by atoms with E-state index in [4.69, 9.17) is 0 Å². The highest BCUT2D eigenvalue weighted by Crippen LogP contribution is 2.80. The number of H-pyrrole nitrogens is 1. The first-order valence-electron chi connectivity index (χ1n) is 7.62. The van der Waals surface area contributed by atoms with E-state index in [9.17, 15) is 9.59 Å². The summed E-state index contributed by atoms with van der Waals surface area (Å²) in [5.74, 6) is 1.95. The average Bonchev–Trinajstić information content (AvgIpc) is 3.29. The molecule has 1 aromatic rings. The van der Waals surface area contributed by atoms with Gasteiger partial charge in [-0.3, -0.25) is 14.3 Å². The summed E-state index contributed by atoms with van der Waals surface area (Å²) in [6.07, 6.45) is 6.52. The van der Waals surface area contributed by atoms with Gasteiger partial charge in [0.15, 0.2) is 0 Å². The van der Waals surface area contributed by atoms with Gasteiger partial charge >= 0.3 is 0 Å². The second-order valence-electron chi connectivity index (χ2n) is 6.90. The third-order valence-electron chi connectivity index (χ3n) is 5.99. The van der Waals surface area contributed by atoms with E-state index in [1.807, 2.05) is 0 Å². The van der Waals surface area contributed by atoms with Crippen molar-refractivity contribution in [2.45, 2.75) is 38.6 Å². The van der Waals surface area contributed by atoms with Crippen molar-refractivity contribution in [1.82, 2.24) is 15.1 Å². The zero-order valence-electron chi connectivity index (χ0n) is 12.0. The van der Waals surface area contributed by atoms with E-state index in [2.05, 4.69) is 17.3 Å². The lowest BCUT2D eigenvalue weighted by atomic mass is 9.82. The number of nitrogens with one attached hydrogen (secondary N) is 2. The van der Waals surface area contributed by atoms with E-state index >= 15 is 0 Å². The third kappa shape index (κ3) is 1.49. The van der Waals surface area contributed by atoms with Crippen molar-refractivity contribution in [2.24, 2.45) is 30.2 Å². The maximum absolute atomic E-state index is 12.3. The summed E-state index contributed by atoms with van der Waals surface area (Å²) in [5, 5.41) is 5.92. The minimum absolute atomic E-state index is 0.212. The molecule has 108 valence electrons. The van der Waals surface area contributed by atoms with Gasteiger partial charge in [0.2, 0.25) is 0 Å². The van der Waals surface area contributed by atoms with Gasteiger partial charge in [-0.25, -0.2) is 0 Å². The first-order valence-corrected chi connectivity index (χ1v) is 7.62. The van der Waals surface area contributed by atoms with Crippen LogP contribution in [0.4, 0.5) is 0 Å². The van der Waals surface area contributed by atoms with Crippen molar-refractivity contribution in [3.63, 3.8) is 0 Å². The molecule has 4 rings (SSSR count). The molecule has 3 aliphatic carbocycles. The number of carbonyl (C=O) groups is 1. The largest absolute Gasteiger partial charge is 0.349 e. The van der Waals surface area contributed by atoms with Crippen LogP contribution in [0.1, 0.15) is 43.0 Å². The number of nitrogens with zero attached hydrogens (tertiary/aromatic N) is 1. The summed E-state index contributed by atoms with van der Waals surface area (Å²) >= 11 is 0. The molecule has 0 aliphatic heterocycles. The Morgan fingerprint density at radius 3 is 3.00 bits per heavy atom. The van der Waals surface area contributed by atoms with Gasteiger partial charge < -0.3 is 10.4 Å². The Kier molecular flexibility index (Phi) is 2.31. The monoisotopic (exact) mass is 275 g/mol. The van der Waals surface area contributed by atoms with Crippen LogP contribution in [0.3, 0.4) is 0 Å². The second kappa shape index (κ2) is 3.77. The predicted octanol–water partition coefficient (Wildman–Crippen LogP) is 1.27. The molecule has 0 saturated heterocycles. The number of hydrogen-bond donors (Lipinski definition) is 2. The predicted molar refractivity (Wildman–Crippen MR) is 74.3 cm³/mol. The fourth-order valence-corrected chi connectivity index (χ4v) is 4.59. The minimum Gasteiger partial charge on any atom is -0.349 e. The number of amides is 1. The zero-order chi connectivity index (χ0) is 14.1. The lowest BCUT2D eigenvalue weighted by Crippen LogP contribution is -2.45. The lowest BCUT2D eigenvalue weighted by molar-refractivity contribution is 0.0895. The second-order valence-corrected chi connectivity index (χ2v) is 6.90. The van der Waals surface area contributed by atoms with Crippen molar-refractivity contribution >= 4 is 5.91 Å². The molecule has 3 saturated carbocycles. The summed E-state index contributed by atoms with van der Waals surface area (Å²) in [7, 11) is 1.62. The van der Waals surface area contributed by atoms with Crippen LogP contribution in [0.5, 0.6) is 0 Å². The maximum Gasteiger partial charge on any atom is 0.279 e. The van der Waals surface area contributed by atoms with Gasteiger partial charge in [0, 0.05) is 19.3 Å². The van der Waals surface area contributed by atoms with E-state index in [0.29, 0.717) is 17.3 Å². The fourth-order valence-electron chi connectivity index (χ4n) is 4.59. The molecular weight excluding hydrogens is 254 g/mol. The van der Waals surface area contributed by atoms with Crippen LogP contribution in [0.2, 0.25) is 0 Å². The van der Waals surface area contributed by atoms with E-state index in [0.717, 1.165) is 12.3 Å². The Morgan fingerprint density at radius 1 is 1.55 bits per heavy atom. The molecule has 20 heavy (non-hydrogen) atoms. The van der Waals surface area contributed by atoms with Crippen LogP contribution >= 0.6 is 0 Å². The molecule has 1 amide bonds. The maximum atomic E-state index is 12.3. The molecule has 1 heterocycles. The quantitative estimate of drug-likeness (QED) is 0.872. The van der Waals surface area contributed by atoms with Gasteiger partial charge in [0.25, 0.3) is 11.5 Å². The molecule has 5 nitrogen and oxygen atoms in total. The van der Waals surface area contributed by atoms with Gasteiger partial charge in [-0.1, -0.05) is 13.3 Å². The highest BCUT2D eigenvalue weighted by Gasteiger charge is 2.75. The molecule has 3 aliphatic rings. The Morgan fingerprint density at radius 2 is 2.35 bits per heavy atom. The SMILES string of the molecule is CCC1CC2CC23CC3C1NC(=O)c1c[nH]n(C)c1=O. The minimum atomic E-state index is -0.249. The number of rotatable bonds is 3. The average molecular weight is 275 g/mol. The molecule has 0 bridgehead atoms. The normalized spacial score (nSPS) is 40.7. The first-order chi connectivity index (χ1) is 9.56. The highest BCUT2D eigenvalue weighted by molar-refractivity contribution is 5.93. The first kappa shape index (κ1) is 12.2. The number of aromatic amines is 1. The third-order valence-corrected chi connectivity index (χ3v) is 5.99. The molecule has 1 spiro atoms. The molecule has 5 atom stereocenters. The Labute approximate surface area is 117 Å². The van der Waals surface area contributed by atoms with Gasteiger partial charge in [0.1, 0.15) is 5.56 Å². The Bertz CT molecular complexity index is 631. The molecular formula is C15H21N3O2. The molecule has 0 radical (unpaired) electrons. The molecule has 5 heteroatoms. The van der Waals surface area contributed by atoms with Gasteiger partial charge in [-0.2, -0.15) is 0 Å². The Balaban J connectivity index is 1.54. The summed E-state index contributed by atoms with van der Waals surface area (Å²) in [4.78, 5) is 24.2. The smallest absolute Gasteiger partial charge is 0.279 e. The summed E-state index contributed by atoms with van der Waals surface area (Å²) in [5.41, 5.74) is 0.573. The van der Waals surface area contributed by atoms with Crippen LogP contribution in [-0.4, -0.2) is 21.7 Å². The standard InChI is InChI=1S/C15H21N3O2/c1-3-8-4-9-5-15(9)6-11(15)12(8)17-13(19)10-7-16-18(2)14(10)20/h7-9,11-12,16H,3-6H2,1-2H3,(H,17,19). The van der Waals surface area contributed by atoms with Gasteiger partial charge in [-0.05, 0) is 42.4 Å². The molecule has 2 N–H and O–H groups in total. The van der Waals surface area contributed by atoms with Crippen molar-refractivity contribution < 1.29 is 4.79 Å².